The molecule has 1 rings (SSSR count). The van der Waals surface area contributed by atoms with Gasteiger partial charge in [-0.05, 0) is 19.4 Å². The van der Waals surface area contributed by atoms with Crippen molar-refractivity contribution in [1.29, 1.82) is 0 Å². The molecule has 0 aromatic heterocycles. The molecular formula is C9H17N3O5. The van der Waals surface area contributed by atoms with Gasteiger partial charge in [-0.2, -0.15) is 0 Å². The van der Waals surface area contributed by atoms with E-state index in [1.165, 1.54) is 0 Å². The van der Waals surface area contributed by atoms with Gasteiger partial charge in [0.05, 0.1) is 25.9 Å². The van der Waals surface area contributed by atoms with Crippen LogP contribution in [-0.2, 0) is 9.47 Å². The first-order chi connectivity index (χ1) is 7.90. The van der Waals surface area contributed by atoms with Gasteiger partial charge in [-0.1, -0.05) is 5.11 Å². The summed E-state index contributed by atoms with van der Waals surface area (Å²) in [4.78, 5) is 2.53. The molecule has 2 atom stereocenters. The van der Waals surface area contributed by atoms with Crippen molar-refractivity contribution >= 4 is 0 Å². The van der Waals surface area contributed by atoms with Crippen LogP contribution in [0, 0.1) is 0 Å². The summed E-state index contributed by atoms with van der Waals surface area (Å²) in [6.07, 6.45) is -2.12. The molecule has 8 heteroatoms. The van der Waals surface area contributed by atoms with Crippen molar-refractivity contribution < 1.29 is 24.8 Å². The lowest BCUT2D eigenvalue weighted by Crippen LogP contribution is -2.53. The van der Waals surface area contributed by atoms with E-state index in [2.05, 4.69) is 10.0 Å². The molecule has 17 heavy (non-hydrogen) atoms. The topological polar surface area (TPSA) is 128 Å². The summed E-state index contributed by atoms with van der Waals surface area (Å²) < 4.78 is 10.9. The highest BCUT2D eigenvalue weighted by Gasteiger charge is 2.55. The monoisotopic (exact) mass is 247 g/mol. The second-order valence-electron chi connectivity index (χ2n) is 4.40. The highest BCUT2D eigenvalue weighted by molar-refractivity contribution is 4.99. The fourth-order valence-corrected chi connectivity index (χ4v) is 1.92. The van der Waals surface area contributed by atoms with Crippen LogP contribution in [-0.4, -0.2) is 58.7 Å². The summed E-state index contributed by atoms with van der Waals surface area (Å²) >= 11 is 0. The maximum atomic E-state index is 9.82. The van der Waals surface area contributed by atoms with Gasteiger partial charge < -0.3 is 24.8 Å². The number of rotatable bonds is 5. The molecule has 1 aliphatic rings. The summed E-state index contributed by atoms with van der Waals surface area (Å²) in [6.45, 7) is 1.97. The molecule has 0 radical (unpaired) electrons. The average molecular weight is 247 g/mol. The smallest absolute Gasteiger partial charge is 0.164 e. The molecule has 1 saturated heterocycles. The van der Waals surface area contributed by atoms with Gasteiger partial charge in [0.1, 0.15) is 11.7 Å². The average Bonchev–Trinajstić information content (AvgIpc) is 2.58. The van der Waals surface area contributed by atoms with Crippen LogP contribution in [0.1, 0.15) is 13.8 Å². The first-order valence-electron chi connectivity index (χ1n) is 5.19. The van der Waals surface area contributed by atoms with Crippen molar-refractivity contribution in [1.82, 2.24) is 0 Å². The van der Waals surface area contributed by atoms with E-state index < -0.39 is 36.8 Å². The zero-order valence-electron chi connectivity index (χ0n) is 9.78. The van der Waals surface area contributed by atoms with Crippen LogP contribution < -0.4 is 0 Å². The quantitative estimate of drug-likeness (QED) is 0.344. The number of hydrogen-bond donors (Lipinski definition) is 3. The molecule has 1 unspecified atom stereocenters. The Hall–Kier alpha value is -0.890. The number of azide groups is 1. The lowest BCUT2D eigenvalue weighted by atomic mass is 9.94. The van der Waals surface area contributed by atoms with Crippen molar-refractivity contribution in [3.8, 4) is 0 Å². The molecule has 98 valence electrons. The summed E-state index contributed by atoms with van der Waals surface area (Å²) in [6, 6.07) is 0. The normalized spacial score (nSPS) is 27.5. The Labute approximate surface area is 98.4 Å². The molecule has 8 nitrogen and oxygen atoms in total. The van der Waals surface area contributed by atoms with Crippen molar-refractivity contribution in [2.75, 3.05) is 19.8 Å². The van der Waals surface area contributed by atoms with Crippen LogP contribution in [0.15, 0.2) is 5.11 Å². The summed E-state index contributed by atoms with van der Waals surface area (Å²) in [5, 5.41) is 31.7. The number of aliphatic hydroxyl groups is 3. The maximum Gasteiger partial charge on any atom is 0.164 e. The Morgan fingerprint density at radius 3 is 2.47 bits per heavy atom. The molecule has 1 fully saturated rings. The predicted octanol–water partition coefficient (Wildman–Crippen LogP) is -0.468. The largest absolute Gasteiger partial charge is 0.393 e. The molecule has 0 aromatic carbocycles. The minimum Gasteiger partial charge on any atom is -0.393 e. The Bertz CT molecular complexity index is 312. The van der Waals surface area contributed by atoms with Gasteiger partial charge in [0.25, 0.3) is 0 Å². The molecule has 1 heterocycles. The number of nitrogens with zero attached hydrogens (tertiary/aromatic N) is 3. The van der Waals surface area contributed by atoms with E-state index in [-0.39, 0.29) is 6.54 Å². The molecule has 1 aliphatic heterocycles. The van der Waals surface area contributed by atoms with Gasteiger partial charge in [-0.15, -0.1) is 0 Å². The van der Waals surface area contributed by atoms with Crippen LogP contribution >= 0.6 is 0 Å². The number of aliphatic hydroxyl groups excluding tert-OH is 3. The van der Waals surface area contributed by atoms with Gasteiger partial charge >= 0.3 is 0 Å². The maximum absolute atomic E-state index is 9.82. The molecule has 3 N–H and O–H groups in total. The zero-order chi connectivity index (χ0) is 13.1. The molecule has 0 aliphatic carbocycles. The third-order valence-corrected chi connectivity index (χ3v) is 2.60. The SMILES string of the molecule is CC1(C)OC([C@H](O)CN=[N+]=[N-])C(CO)(CO)O1. The minimum atomic E-state index is -1.39. The highest BCUT2D eigenvalue weighted by atomic mass is 16.8. The van der Waals surface area contributed by atoms with Gasteiger partial charge in [-0.3, -0.25) is 0 Å². The zero-order valence-corrected chi connectivity index (χ0v) is 9.78. The lowest BCUT2D eigenvalue weighted by molar-refractivity contribution is -0.178. The summed E-state index contributed by atoms with van der Waals surface area (Å²) in [7, 11) is 0. The van der Waals surface area contributed by atoms with E-state index in [0.717, 1.165) is 0 Å². The van der Waals surface area contributed by atoms with E-state index >= 15 is 0 Å². The van der Waals surface area contributed by atoms with Crippen LogP contribution in [0.25, 0.3) is 10.4 Å². The predicted molar refractivity (Wildman–Crippen MR) is 57.0 cm³/mol. The van der Waals surface area contributed by atoms with Crippen molar-refractivity contribution in [3.63, 3.8) is 0 Å². The second-order valence-corrected chi connectivity index (χ2v) is 4.40. The third-order valence-electron chi connectivity index (χ3n) is 2.60. The van der Waals surface area contributed by atoms with E-state index in [4.69, 9.17) is 15.0 Å². The van der Waals surface area contributed by atoms with Gasteiger partial charge in [-0.25, -0.2) is 0 Å². The summed E-state index contributed by atoms with van der Waals surface area (Å²) in [5.41, 5.74) is 6.79. The van der Waals surface area contributed by atoms with Gasteiger partial charge in [0.2, 0.25) is 0 Å². The molecule has 0 bridgehead atoms. The van der Waals surface area contributed by atoms with Crippen LogP contribution in [0.5, 0.6) is 0 Å². The first-order valence-corrected chi connectivity index (χ1v) is 5.19. The number of hydrogen-bond acceptors (Lipinski definition) is 6. The highest BCUT2D eigenvalue weighted by Crippen LogP contribution is 2.37. The second kappa shape index (κ2) is 5.18. The lowest BCUT2D eigenvalue weighted by Gasteiger charge is -2.31. The van der Waals surface area contributed by atoms with E-state index in [9.17, 15) is 15.3 Å². The van der Waals surface area contributed by atoms with Crippen LogP contribution in [0.2, 0.25) is 0 Å². The molecule has 0 aromatic rings. The molecule has 0 amide bonds. The van der Waals surface area contributed by atoms with Crippen molar-refractivity contribution in [2.24, 2.45) is 5.11 Å². The van der Waals surface area contributed by atoms with E-state index in [1.54, 1.807) is 13.8 Å². The summed E-state index contributed by atoms with van der Waals surface area (Å²) in [5.74, 6) is -1.03. The van der Waals surface area contributed by atoms with Gasteiger partial charge in [0, 0.05) is 4.91 Å². The fourth-order valence-electron chi connectivity index (χ4n) is 1.92. The molecular weight excluding hydrogens is 230 g/mol. The Kier molecular flexibility index (Phi) is 4.31. The van der Waals surface area contributed by atoms with Gasteiger partial charge in [0.15, 0.2) is 5.79 Å². The van der Waals surface area contributed by atoms with Crippen molar-refractivity contribution in [2.45, 2.75) is 37.4 Å². The molecule has 0 saturated carbocycles. The fraction of sp³-hybridized carbons (Fsp3) is 1.00. The Morgan fingerprint density at radius 1 is 1.41 bits per heavy atom. The van der Waals surface area contributed by atoms with Crippen LogP contribution in [0.4, 0.5) is 0 Å². The third kappa shape index (κ3) is 2.86. The first kappa shape index (κ1) is 14.2. The Balaban J connectivity index is 2.90. The van der Waals surface area contributed by atoms with E-state index in [1.807, 2.05) is 0 Å². The van der Waals surface area contributed by atoms with Crippen LogP contribution in [0.3, 0.4) is 0 Å². The number of ether oxygens (including phenoxy) is 2. The molecule has 0 spiro atoms. The Morgan fingerprint density at radius 2 is 2.00 bits per heavy atom. The van der Waals surface area contributed by atoms with Crippen molar-refractivity contribution in [3.05, 3.63) is 10.4 Å². The minimum absolute atomic E-state index is 0.220. The standard InChI is InChI=1S/C9H17N3O5/c1-8(2)16-7(6(15)3-11-12-10)9(4-13,5-14)17-8/h6-7,13-15H,3-5H2,1-2H3/t6-,7?/m1/s1. The van der Waals surface area contributed by atoms with E-state index in [0.29, 0.717) is 0 Å².